The minimum Gasteiger partial charge on any atom is -0.365 e. The molecular formula is C12H15ClN2S. The molecule has 0 fully saturated rings. The van der Waals surface area contributed by atoms with Gasteiger partial charge in [-0.25, -0.2) is 0 Å². The molecule has 1 N–H and O–H groups in total. The lowest BCUT2D eigenvalue weighted by atomic mass is 10.1. The Hall–Kier alpha value is -0.670. The van der Waals surface area contributed by atoms with Crippen LogP contribution in [0.2, 0.25) is 5.02 Å². The van der Waals surface area contributed by atoms with Gasteiger partial charge in [0.15, 0.2) is 5.17 Å². The first kappa shape index (κ1) is 11.8. The second-order valence-electron chi connectivity index (χ2n) is 3.88. The van der Waals surface area contributed by atoms with Gasteiger partial charge in [0.05, 0.1) is 6.54 Å². The molecule has 16 heavy (non-hydrogen) atoms. The van der Waals surface area contributed by atoms with Gasteiger partial charge in [0, 0.05) is 16.8 Å². The SMILES string of the molecule is CC1CN=C(NCCc2ccc(Cl)cc2)S1. The van der Waals surface area contributed by atoms with Crippen LogP contribution in [0.4, 0.5) is 0 Å². The molecular weight excluding hydrogens is 240 g/mol. The lowest BCUT2D eigenvalue weighted by Gasteiger charge is -2.06. The van der Waals surface area contributed by atoms with E-state index in [-0.39, 0.29) is 0 Å². The van der Waals surface area contributed by atoms with E-state index in [1.807, 2.05) is 23.9 Å². The summed E-state index contributed by atoms with van der Waals surface area (Å²) >= 11 is 7.65. The van der Waals surface area contributed by atoms with E-state index in [0.717, 1.165) is 29.7 Å². The van der Waals surface area contributed by atoms with Crippen molar-refractivity contribution in [3.8, 4) is 0 Å². The molecule has 1 atom stereocenters. The van der Waals surface area contributed by atoms with Crippen LogP contribution in [0.15, 0.2) is 29.3 Å². The van der Waals surface area contributed by atoms with Crippen molar-refractivity contribution in [2.45, 2.75) is 18.6 Å². The topological polar surface area (TPSA) is 24.4 Å². The maximum atomic E-state index is 5.83. The van der Waals surface area contributed by atoms with Crippen LogP contribution in [0.1, 0.15) is 12.5 Å². The van der Waals surface area contributed by atoms with Gasteiger partial charge in [-0.15, -0.1) is 0 Å². The summed E-state index contributed by atoms with van der Waals surface area (Å²) in [6.07, 6.45) is 1.01. The molecule has 1 unspecified atom stereocenters. The highest BCUT2D eigenvalue weighted by Gasteiger charge is 2.13. The van der Waals surface area contributed by atoms with Crippen LogP contribution in [-0.4, -0.2) is 23.5 Å². The zero-order valence-corrected chi connectivity index (χ0v) is 10.8. The molecule has 0 aromatic heterocycles. The molecule has 4 heteroatoms. The molecule has 1 heterocycles. The Morgan fingerprint density at radius 3 is 2.81 bits per heavy atom. The first-order valence-electron chi connectivity index (χ1n) is 5.43. The first-order valence-corrected chi connectivity index (χ1v) is 6.69. The van der Waals surface area contributed by atoms with Crippen molar-refractivity contribution < 1.29 is 0 Å². The molecule has 0 spiro atoms. The average molecular weight is 255 g/mol. The summed E-state index contributed by atoms with van der Waals surface area (Å²) in [5.41, 5.74) is 1.30. The van der Waals surface area contributed by atoms with Crippen LogP contribution < -0.4 is 5.32 Å². The van der Waals surface area contributed by atoms with Gasteiger partial charge in [-0.1, -0.05) is 42.4 Å². The standard InChI is InChI=1S/C12H15ClN2S/c1-9-8-15-12(16-9)14-7-6-10-2-4-11(13)5-3-10/h2-5,9H,6-8H2,1H3,(H,14,15). The minimum atomic E-state index is 0.623. The molecule has 0 amide bonds. The Balaban J connectivity index is 1.74. The molecule has 0 radical (unpaired) electrons. The van der Waals surface area contributed by atoms with Gasteiger partial charge < -0.3 is 5.32 Å². The number of nitrogens with one attached hydrogen (secondary N) is 1. The van der Waals surface area contributed by atoms with E-state index in [0.29, 0.717) is 5.25 Å². The highest BCUT2D eigenvalue weighted by atomic mass is 35.5. The normalized spacial score (nSPS) is 19.6. The molecule has 1 aliphatic heterocycles. The molecule has 86 valence electrons. The zero-order valence-electron chi connectivity index (χ0n) is 9.24. The Morgan fingerprint density at radius 1 is 1.44 bits per heavy atom. The number of thioether (sulfide) groups is 1. The van der Waals surface area contributed by atoms with Crippen molar-refractivity contribution in [3.05, 3.63) is 34.9 Å². The third-order valence-electron chi connectivity index (χ3n) is 2.41. The second-order valence-corrected chi connectivity index (χ2v) is 5.74. The largest absolute Gasteiger partial charge is 0.365 e. The fourth-order valence-corrected chi connectivity index (χ4v) is 2.53. The third-order valence-corrected chi connectivity index (χ3v) is 3.71. The predicted octanol–water partition coefficient (Wildman–Crippen LogP) is 2.96. The number of hydrogen-bond donors (Lipinski definition) is 1. The Bertz CT molecular complexity index is 375. The van der Waals surface area contributed by atoms with Crippen molar-refractivity contribution in [2.24, 2.45) is 4.99 Å². The average Bonchev–Trinajstić information content (AvgIpc) is 2.67. The van der Waals surface area contributed by atoms with Crippen molar-refractivity contribution in [1.29, 1.82) is 0 Å². The fourth-order valence-electron chi connectivity index (χ4n) is 1.54. The van der Waals surface area contributed by atoms with E-state index in [9.17, 15) is 0 Å². The lowest BCUT2D eigenvalue weighted by molar-refractivity contribution is 0.869. The molecule has 1 aliphatic rings. The fraction of sp³-hybridized carbons (Fsp3) is 0.417. The molecule has 1 aromatic carbocycles. The highest BCUT2D eigenvalue weighted by molar-refractivity contribution is 8.14. The molecule has 0 aliphatic carbocycles. The molecule has 2 rings (SSSR count). The molecule has 0 saturated carbocycles. The lowest BCUT2D eigenvalue weighted by Crippen LogP contribution is -2.22. The maximum Gasteiger partial charge on any atom is 0.156 e. The number of halogens is 1. The Morgan fingerprint density at radius 2 is 2.19 bits per heavy atom. The van der Waals surface area contributed by atoms with E-state index in [1.54, 1.807) is 0 Å². The summed E-state index contributed by atoms with van der Waals surface area (Å²) in [6.45, 7) is 4.07. The number of hydrogen-bond acceptors (Lipinski definition) is 3. The monoisotopic (exact) mass is 254 g/mol. The van der Waals surface area contributed by atoms with E-state index < -0.39 is 0 Å². The molecule has 0 saturated heterocycles. The van der Waals surface area contributed by atoms with Crippen molar-refractivity contribution in [3.63, 3.8) is 0 Å². The van der Waals surface area contributed by atoms with Gasteiger partial charge in [-0.2, -0.15) is 0 Å². The number of amidine groups is 1. The molecule has 2 nitrogen and oxygen atoms in total. The summed E-state index contributed by atoms with van der Waals surface area (Å²) in [5.74, 6) is 0. The van der Waals surface area contributed by atoms with Crippen LogP contribution in [0.3, 0.4) is 0 Å². The van der Waals surface area contributed by atoms with Crippen molar-refractivity contribution in [1.82, 2.24) is 5.32 Å². The van der Waals surface area contributed by atoms with E-state index in [1.165, 1.54) is 5.56 Å². The summed E-state index contributed by atoms with van der Waals surface area (Å²) < 4.78 is 0. The van der Waals surface area contributed by atoms with Gasteiger partial charge >= 0.3 is 0 Å². The first-order chi connectivity index (χ1) is 7.74. The maximum absolute atomic E-state index is 5.83. The van der Waals surface area contributed by atoms with Crippen LogP contribution in [0.5, 0.6) is 0 Å². The van der Waals surface area contributed by atoms with Gasteiger partial charge in [0.25, 0.3) is 0 Å². The predicted molar refractivity (Wildman–Crippen MR) is 72.5 cm³/mol. The van der Waals surface area contributed by atoms with E-state index in [2.05, 4.69) is 29.4 Å². The third kappa shape index (κ3) is 3.42. The Labute approximate surface area is 105 Å². The van der Waals surface area contributed by atoms with Crippen LogP contribution >= 0.6 is 23.4 Å². The van der Waals surface area contributed by atoms with E-state index >= 15 is 0 Å². The van der Waals surface area contributed by atoms with E-state index in [4.69, 9.17) is 11.6 Å². The summed E-state index contributed by atoms with van der Waals surface area (Å²) in [5, 5.41) is 5.86. The van der Waals surface area contributed by atoms with Crippen LogP contribution in [0.25, 0.3) is 0 Å². The van der Waals surface area contributed by atoms with Crippen LogP contribution in [-0.2, 0) is 6.42 Å². The highest BCUT2D eigenvalue weighted by Crippen LogP contribution is 2.18. The number of benzene rings is 1. The minimum absolute atomic E-state index is 0.623. The number of nitrogens with zero attached hydrogens (tertiary/aromatic N) is 1. The van der Waals surface area contributed by atoms with Crippen molar-refractivity contribution >= 4 is 28.5 Å². The zero-order chi connectivity index (χ0) is 11.4. The molecule has 0 bridgehead atoms. The van der Waals surface area contributed by atoms with Gasteiger partial charge in [-0.3, -0.25) is 4.99 Å². The molecule has 1 aromatic rings. The summed E-state index contributed by atoms with van der Waals surface area (Å²) in [7, 11) is 0. The van der Waals surface area contributed by atoms with Crippen molar-refractivity contribution in [2.75, 3.05) is 13.1 Å². The van der Waals surface area contributed by atoms with Gasteiger partial charge in [0.1, 0.15) is 0 Å². The Kier molecular flexibility index (Phi) is 4.13. The summed E-state index contributed by atoms with van der Waals surface area (Å²) in [4.78, 5) is 4.41. The second kappa shape index (κ2) is 5.60. The van der Waals surface area contributed by atoms with Crippen LogP contribution in [0, 0.1) is 0 Å². The summed E-state index contributed by atoms with van der Waals surface area (Å²) in [6, 6.07) is 7.99. The van der Waals surface area contributed by atoms with Gasteiger partial charge in [0.2, 0.25) is 0 Å². The smallest absolute Gasteiger partial charge is 0.156 e. The quantitative estimate of drug-likeness (QED) is 0.897. The number of aliphatic imine (C=N–C) groups is 1. The number of rotatable bonds is 3. The van der Waals surface area contributed by atoms with Gasteiger partial charge in [-0.05, 0) is 24.1 Å².